The smallest absolute Gasteiger partial charge is 1.00 e. The van der Waals surface area contributed by atoms with Crippen molar-refractivity contribution in [3.8, 4) is 0 Å². The summed E-state index contributed by atoms with van der Waals surface area (Å²) in [5, 5.41) is 7.46. The molecule has 0 heterocycles. The first-order valence-corrected chi connectivity index (χ1v) is 12.4. The van der Waals surface area contributed by atoms with E-state index in [0.717, 1.165) is 26.2 Å². The van der Waals surface area contributed by atoms with Gasteiger partial charge < -0.3 is 40.3 Å². The molecular weight excluding hydrogens is 520 g/mol. The molecule has 2 N–H and O–H groups in total. The monoisotopic (exact) mass is 566 g/mol. The molecule has 35 heavy (non-hydrogen) atoms. The summed E-state index contributed by atoms with van der Waals surface area (Å²) in [6.45, 7) is 24.3. The maximum atomic E-state index is 3.81. The van der Waals surface area contributed by atoms with Gasteiger partial charge in [0.05, 0.1) is 0 Å². The van der Waals surface area contributed by atoms with E-state index in [0.29, 0.717) is 17.8 Å². The Morgan fingerprint density at radius 1 is 0.657 bits per heavy atom. The molecule has 0 amide bonds. The summed E-state index contributed by atoms with van der Waals surface area (Å²) in [4.78, 5) is 2.41. The van der Waals surface area contributed by atoms with Gasteiger partial charge in [-0.2, -0.15) is 0 Å². The van der Waals surface area contributed by atoms with Crippen LogP contribution in [0.4, 0.5) is 11.4 Å². The molecule has 0 saturated heterocycles. The van der Waals surface area contributed by atoms with Gasteiger partial charge in [0.2, 0.25) is 0 Å². The van der Waals surface area contributed by atoms with Crippen LogP contribution in [-0.2, 0) is 16.8 Å². The number of aryl methyl sites for hydroxylation is 3. The Morgan fingerprint density at radius 3 is 1.43 bits per heavy atom. The van der Waals surface area contributed by atoms with Gasteiger partial charge in [0, 0.05) is 37.6 Å². The Hall–Kier alpha value is -0.914. The van der Waals surface area contributed by atoms with Gasteiger partial charge in [-0.05, 0) is 73.4 Å². The molecule has 0 spiro atoms. The van der Waals surface area contributed by atoms with E-state index in [9.17, 15) is 0 Å². The predicted octanol–water partition coefficient (Wildman–Crippen LogP) is 1.44. The van der Waals surface area contributed by atoms with Gasteiger partial charge in [0.25, 0.3) is 0 Å². The molecule has 6 heteroatoms. The zero-order valence-corrected chi connectivity index (χ0v) is 26.0. The number of halogens is 2. The summed E-state index contributed by atoms with van der Waals surface area (Å²) in [5.74, 6) is 1.58. The summed E-state index contributed by atoms with van der Waals surface area (Å²) in [6.07, 6.45) is 0. The first-order valence-electron chi connectivity index (χ1n) is 12.4. The fourth-order valence-electron chi connectivity index (χ4n) is 4.47. The van der Waals surface area contributed by atoms with E-state index >= 15 is 0 Å². The van der Waals surface area contributed by atoms with Gasteiger partial charge in [0.1, 0.15) is 0 Å². The van der Waals surface area contributed by atoms with Gasteiger partial charge >= 0.3 is 16.8 Å². The third-order valence-corrected chi connectivity index (χ3v) is 6.40. The third kappa shape index (κ3) is 10.5. The van der Waals surface area contributed by atoms with Gasteiger partial charge in [-0.3, -0.25) is 0 Å². The van der Waals surface area contributed by atoms with Crippen molar-refractivity contribution >= 4 is 11.4 Å². The van der Waals surface area contributed by atoms with Gasteiger partial charge in [-0.1, -0.05) is 71.4 Å². The van der Waals surface area contributed by atoms with Crippen LogP contribution in [0.15, 0.2) is 24.3 Å². The average Bonchev–Trinajstić information content (AvgIpc) is 2.69. The maximum absolute atomic E-state index is 3.81. The van der Waals surface area contributed by atoms with Crippen LogP contribution in [-0.4, -0.2) is 38.1 Å². The molecule has 0 aliphatic heterocycles. The van der Waals surface area contributed by atoms with E-state index in [1.165, 1.54) is 44.8 Å². The Morgan fingerprint density at radius 2 is 1.06 bits per heavy atom. The summed E-state index contributed by atoms with van der Waals surface area (Å²) in [5.41, 5.74) is 11.0. The van der Waals surface area contributed by atoms with Crippen molar-refractivity contribution in [2.24, 2.45) is 0 Å². The molecular formula is C29H47Cl2CoN3. The molecule has 0 atom stereocenters. The second kappa shape index (κ2) is 16.8. The molecule has 3 nitrogen and oxygen atoms in total. The SMILES string of the molecule is Cc1cc(C)c(NCCN(C)CCNc2c(C(C)C)cc(C(C)C)cc2C(C)C)c(C)c1.[Cl-].[Cl-].[Co+2]. The molecule has 201 valence electrons. The number of hydrogen-bond donors (Lipinski definition) is 2. The molecule has 2 aromatic carbocycles. The van der Waals surface area contributed by atoms with Crippen LogP contribution in [0, 0.1) is 20.8 Å². The molecule has 1 radical (unpaired) electrons. The number of nitrogens with zero attached hydrogens (tertiary/aromatic N) is 1. The summed E-state index contributed by atoms with van der Waals surface area (Å²) < 4.78 is 0. The largest absolute Gasteiger partial charge is 2.00 e. The minimum absolute atomic E-state index is 0. The Kier molecular flexibility index (Phi) is 17.4. The quantitative estimate of drug-likeness (QED) is 0.431. The molecule has 0 saturated carbocycles. The standard InChI is InChI=1S/C29H47N3.2ClH.Co/c1-19(2)25-17-26(20(3)4)29(27(18-25)21(5)6)31-12-14-32(10)13-11-30-28-23(8)15-22(7)16-24(28)9;;;/h15-21,30-31H,11-14H2,1-10H3;2*1H;/q;;;+2/p-2. The number of nitrogens with one attached hydrogen (secondary N) is 2. The third-order valence-electron chi connectivity index (χ3n) is 6.40. The minimum atomic E-state index is 0. The van der Waals surface area contributed by atoms with E-state index in [1.807, 2.05) is 0 Å². The van der Waals surface area contributed by atoms with Crippen LogP contribution in [0.2, 0.25) is 0 Å². The molecule has 2 aromatic rings. The Bertz CT molecular complexity index is 845. The van der Waals surface area contributed by atoms with Gasteiger partial charge in [0.15, 0.2) is 0 Å². The van der Waals surface area contributed by atoms with E-state index in [1.54, 1.807) is 0 Å². The molecule has 0 fully saturated rings. The van der Waals surface area contributed by atoms with Crippen LogP contribution < -0.4 is 35.4 Å². The predicted molar refractivity (Wildman–Crippen MR) is 144 cm³/mol. The van der Waals surface area contributed by atoms with Crippen molar-refractivity contribution in [2.45, 2.75) is 80.1 Å². The van der Waals surface area contributed by atoms with Crippen LogP contribution in [0.3, 0.4) is 0 Å². The molecule has 2 rings (SSSR count). The van der Waals surface area contributed by atoms with E-state index in [4.69, 9.17) is 0 Å². The van der Waals surface area contributed by atoms with Gasteiger partial charge in [-0.25, -0.2) is 0 Å². The summed E-state index contributed by atoms with van der Waals surface area (Å²) in [7, 11) is 2.22. The average molecular weight is 568 g/mol. The molecule has 0 aliphatic rings. The first kappa shape index (κ1) is 36.2. The number of rotatable bonds is 11. The van der Waals surface area contributed by atoms with Crippen molar-refractivity contribution in [1.82, 2.24) is 4.90 Å². The maximum Gasteiger partial charge on any atom is 2.00 e. The van der Waals surface area contributed by atoms with E-state index < -0.39 is 0 Å². The number of anilines is 2. The van der Waals surface area contributed by atoms with Crippen LogP contribution in [0.25, 0.3) is 0 Å². The zero-order valence-electron chi connectivity index (χ0n) is 23.4. The minimum Gasteiger partial charge on any atom is -1.00 e. The molecule has 0 aliphatic carbocycles. The number of hydrogen-bond acceptors (Lipinski definition) is 3. The fourth-order valence-corrected chi connectivity index (χ4v) is 4.47. The van der Waals surface area contributed by atoms with Crippen LogP contribution in [0.1, 0.15) is 92.7 Å². The summed E-state index contributed by atoms with van der Waals surface area (Å²) >= 11 is 0. The fraction of sp³-hybridized carbons (Fsp3) is 0.586. The first-order chi connectivity index (χ1) is 15.0. The molecule has 0 bridgehead atoms. The number of likely N-dealkylation sites (N-methyl/N-ethyl adjacent to an activating group) is 1. The van der Waals surface area contributed by atoms with Crippen molar-refractivity contribution in [3.63, 3.8) is 0 Å². The molecule has 0 aromatic heterocycles. The Labute approximate surface area is 238 Å². The van der Waals surface area contributed by atoms with E-state index in [2.05, 4.69) is 109 Å². The zero-order chi connectivity index (χ0) is 24.0. The van der Waals surface area contributed by atoms with Gasteiger partial charge in [-0.15, -0.1) is 0 Å². The van der Waals surface area contributed by atoms with E-state index in [-0.39, 0.29) is 41.6 Å². The van der Waals surface area contributed by atoms with Crippen LogP contribution >= 0.6 is 0 Å². The molecule has 0 unspecified atom stereocenters. The van der Waals surface area contributed by atoms with Crippen molar-refractivity contribution in [3.05, 3.63) is 57.6 Å². The van der Waals surface area contributed by atoms with Crippen molar-refractivity contribution < 1.29 is 41.6 Å². The Balaban J connectivity index is 0. The summed E-state index contributed by atoms with van der Waals surface area (Å²) in [6, 6.07) is 9.35. The topological polar surface area (TPSA) is 27.3 Å². The van der Waals surface area contributed by atoms with Crippen LogP contribution in [0.5, 0.6) is 0 Å². The van der Waals surface area contributed by atoms with Crippen molar-refractivity contribution in [2.75, 3.05) is 43.9 Å². The normalized spacial score (nSPS) is 10.8. The number of benzene rings is 2. The second-order valence-corrected chi connectivity index (χ2v) is 10.5. The van der Waals surface area contributed by atoms with Crippen molar-refractivity contribution in [1.29, 1.82) is 0 Å². The second-order valence-electron chi connectivity index (χ2n) is 10.5.